The molecule has 1 amide bonds. The zero-order chi connectivity index (χ0) is 7.82. The summed E-state index contributed by atoms with van der Waals surface area (Å²) < 4.78 is 4.56. The predicted molar refractivity (Wildman–Crippen MR) is 34.1 cm³/mol. The molecular weight excluding hydrogens is 134 g/mol. The minimum absolute atomic E-state index is 0.0879. The molecule has 0 rings (SSSR count). The van der Waals surface area contributed by atoms with E-state index in [1.54, 1.807) is 0 Å². The highest BCUT2D eigenvalue weighted by atomic mass is 16.5. The minimum atomic E-state index is -0.147. The minimum Gasteiger partial charge on any atom is -0.375 e. The lowest BCUT2D eigenvalue weighted by Crippen LogP contribution is -2.32. The van der Waals surface area contributed by atoms with E-state index in [1.165, 1.54) is 7.11 Å². The molecule has 0 saturated carbocycles. The second kappa shape index (κ2) is 6.15. The third kappa shape index (κ3) is 5.17. The van der Waals surface area contributed by atoms with Crippen LogP contribution in [0.25, 0.3) is 0 Å². The molecule has 0 unspecified atom stereocenters. The van der Waals surface area contributed by atoms with Gasteiger partial charge in [-0.3, -0.25) is 4.79 Å². The molecule has 58 valence electrons. The topological polar surface area (TPSA) is 76.3 Å². The van der Waals surface area contributed by atoms with Crippen molar-refractivity contribution in [3.05, 3.63) is 0 Å². The number of nitrogens with one attached hydrogen (secondary N) is 1. The summed E-state index contributed by atoms with van der Waals surface area (Å²) in [5.74, 6) is -0.147. The van der Waals surface area contributed by atoms with Gasteiger partial charge in [0.15, 0.2) is 0 Å². The first-order valence-electron chi connectivity index (χ1n) is 2.93. The van der Waals surface area contributed by atoms with Crippen LogP contribution in [0.1, 0.15) is 0 Å². The molecule has 0 fully saturated rings. The van der Waals surface area contributed by atoms with Gasteiger partial charge >= 0.3 is 0 Å². The number of hydrogen-bond acceptors (Lipinski definition) is 3. The summed E-state index contributed by atoms with van der Waals surface area (Å²) >= 11 is 0. The maximum atomic E-state index is 10.6. The Bertz CT molecular complexity index is 115. The van der Waals surface area contributed by atoms with Crippen LogP contribution >= 0.6 is 0 Å². The Morgan fingerprint density at radius 3 is 3.00 bits per heavy atom. The Balaban J connectivity index is 3.13. The van der Waals surface area contributed by atoms with Crippen molar-refractivity contribution >= 4 is 5.91 Å². The highest BCUT2D eigenvalue weighted by Gasteiger charge is 1.96. The number of carbonyl (C=O) groups excluding carboxylic acids is 1. The van der Waals surface area contributed by atoms with Crippen LogP contribution in [-0.4, -0.2) is 32.7 Å². The maximum Gasteiger partial charge on any atom is 0.246 e. The number of carbonyl (C=O) groups is 1. The molecule has 0 aliphatic rings. The number of nitrogens with zero attached hydrogens (tertiary/aromatic N) is 1. The van der Waals surface area contributed by atoms with Crippen LogP contribution < -0.4 is 10.8 Å². The summed E-state index contributed by atoms with van der Waals surface area (Å²) in [5, 5.41) is 5.86. The van der Waals surface area contributed by atoms with Gasteiger partial charge in [0.2, 0.25) is 5.91 Å². The Morgan fingerprint density at radius 2 is 2.50 bits per heavy atom. The summed E-state index contributed by atoms with van der Waals surface area (Å²) in [6.07, 6.45) is 0. The van der Waals surface area contributed by atoms with Crippen molar-refractivity contribution < 1.29 is 15.1 Å². The zero-order valence-corrected chi connectivity index (χ0v) is 5.96. The lowest BCUT2D eigenvalue weighted by atomic mass is 10.6. The van der Waals surface area contributed by atoms with Crippen molar-refractivity contribution in [2.45, 2.75) is 0 Å². The van der Waals surface area contributed by atoms with Crippen LogP contribution in [-0.2, 0) is 9.53 Å². The number of amides is 1. The van der Waals surface area contributed by atoms with Gasteiger partial charge in [-0.1, -0.05) is 0 Å². The van der Waals surface area contributed by atoms with Gasteiger partial charge in [0.25, 0.3) is 0 Å². The first-order valence-corrected chi connectivity index (χ1v) is 2.93. The maximum absolute atomic E-state index is 10.6. The lowest BCUT2D eigenvalue weighted by molar-refractivity contribution is -0.221. The first-order chi connectivity index (χ1) is 4.81. The van der Waals surface area contributed by atoms with Gasteiger partial charge in [0, 0.05) is 13.7 Å². The summed E-state index contributed by atoms with van der Waals surface area (Å²) in [5.41, 5.74) is 4.83. The van der Waals surface area contributed by atoms with Crippen LogP contribution in [0.4, 0.5) is 0 Å². The van der Waals surface area contributed by atoms with E-state index in [1.807, 2.05) is 0 Å². The number of methoxy groups -OCH3 is 1. The Labute approximate surface area is 59.3 Å². The molecule has 0 aromatic rings. The van der Waals surface area contributed by atoms with Gasteiger partial charge in [-0.05, 0) is 5.11 Å². The molecule has 10 heavy (non-hydrogen) atoms. The molecule has 3 N–H and O–H groups in total. The lowest BCUT2D eigenvalue weighted by Gasteiger charge is -1.98. The van der Waals surface area contributed by atoms with Gasteiger partial charge in [0.05, 0.1) is 0 Å². The molecule has 0 aromatic heterocycles. The van der Waals surface area contributed by atoms with E-state index >= 15 is 0 Å². The van der Waals surface area contributed by atoms with E-state index in [0.29, 0.717) is 13.1 Å². The van der Waals surface area contributed by atoms with Crippen LogP contribution in [0.15, 0.2) is 5.11 Å². The van der Waals surface area contributed by atoms with Gasteiger partial charge in [-0.25, -0.2) is 0 Å². The van der Waals surface area contributed by atoms with E-state index in [9.17, 15) is 4.79 Å². The molecule has 0 spiro atoms. The number of nitrogens with two attached hydrogens (primary N) is 1. The summed E-state index contributed by atoms with van der Waals surface area (Å²) in [6, 6.07) is 0. The fourth-order valence-corrected chi connectivity index (χ4v) is 0.442. The number of ether oxygens (including phenoxy) is 1. The van der Waals surface area contributed by atoms with Crippen LogP contribution in [0, 0.1) is 0 Å². The third-order valence-electron chi connectivity index (χ3n) is 0.839. The standard InChI is InChI=1S/C5H11N3O2/c1-10-4-5(9)7-2-3-8-6/h6H,2-4H2,1H3,(H,7,9)/p+1. The first kappa shape index (κ1) is 9.03. The molecule has 0 aliphatic heterocycles. The van der Waals surface area contributed by atoms with Gasteiger partial charge in [0.1, 0.15) is 13.2 Å². The SMILES string of the molecule is COCC(=O)NCCN=[NH2+]. The van der Waals surface area contributed by atoms with E-state index in [-0.39, 0.29) is 12.5 Å². The summed E-state index contributed by atoms with van der Waals surface area (Å²) in [6.45, 7) is 0.999. The fraction of sp³-hybridized carbons (Fsp3) is 0.800. The second-order valence-electron chi connectivity index (χ2n) is 1.69. The monoisotopic (exact) mass is 146 g/mol. The summed E-state index contributed by atoms with van der Waals surface area (Å²) in [7, 11) is 1.47. The van der Waals surface area contributed by atoms with Crippen molar-refractivity contribution in [1.29, 1.82) is 0 Å². The number of rotatable bonds is 5. The van der Waals surface area contributed by atoms with E-state index in [0.717, 1.165) is 0 Å². The largest absolute Gasteiger partial charge is 0.375 e. The van der Waals surface area contributed by atoms with E-state index in [2.05, 4.69) is 15.2 Å². The average Bonchev–Trinajstić information content (AvgIpc) is 1.89. The van der Waals surface area contributed by atoms with Gasteiger partial charge in [-0.2, -0.15) is 5.53 Å². The fourth-order valence-electron chi connectivity index (χ4n) is 0.442. The van der Waals surface area contributed by atoms with Crippen LogP contribution in [0.3, 0.4) is 0 Å². The smallest absolute Gasteiger partial charge is 0.246 e. The molecule has 0 aromatic carbocycles. The zero-order valence-electron chi connectivity index (χ0n) is 5.96. The van der Waals surface area contributed by atoms with Crippen molar-refractivity contribution in [3.8, 4) is 0 Å². The van der Waals surface area contributed by atoms with E-state index < -0.39 is 0 Å². The molecule has 0 atom stereocenters. The van der Waals surface area contributed by atoms with Crippen molar-refractivity contribution in [2.75, 3.05) is 26.8 Å². The van der Waals surface area contributed by atoms with Gasteiger partial charge < -0.3 is 10.1 Å². The van der Waals surface area contributed by atoms with Crippen molar-refractivity contribution in [3.63, 3.8) is 0 Å². The Morgan fingerprint density at radius 1 is 1.80 bits per heavy atom. The highest BCUT2D eigenvalue weighted by molar-refractivity contribution is 5.77. The predicted octanol–water partition coefficient (Wildman–Crippen LogP) is -2.04. The van der Waals surface area contributed by atoms with Crippen LogP contribution in [0.5, 0.6) is 0 Å². The Hall–Kier alpha value is -0.970. The quantitative estimate of drug-likeness (QED) is 0.346. The molecule has 0 heterocycles. The highest BCUT2D eigenvalue weighted by Crippen LogP contribution is 1.68. The van der Waals surface area contributed by atoms with Crippen LogP contribution in [0.2, 0.25) is 0 Å². The van der Waals surface area contributed by atoms with Crippen molar-refractivity contribution in [1.82, 2.24) is 5.32 Å². The average molecular weight is 146 g/mol. The normalized spacial score (nSPS) is 8.90. The van der Waals surface area contributed by atoms with Gasteiger partial charge in [-0.15, -0.1) is 0 Å². The second-order valence-corrected chi connectivity index (χ2v) is 1.69. The molecule has 0 saturated heterocycles. The molecule has 0 radical (unpaired) electrons. The summed E-state index contributed by atoms with van der Waals surface area (Å²) in [4.78, 5) is 10.6. The molecule has 5 heteroatoms. The third-order valence-corrected chi connectivity index (χ3v) is 0.839. The molecular formula is C5H12N3O2+. The number of hydrogen-bond donors (Lipinski definition) is 2. The molecule has 5 nitrogen and oxygen atoms in total. The van der Waals surface area contributed by atoms with E-state index in [4.69, 9.17) is 5.53 Å². The van der Waals surface area contributed by atoms with Crippen molar-refractivity contribution in [2.24, 2.45) is 5.11 Å². The Kier molecular flexibility index (Phi) is 5.56. The molecule has 0 bridgehead atoms. The molecule has 0 aliphatic carbocycles.